The molecular weight excluding hydrogens is 466 g/mol. The van der Waals surface area contributed by atoms with Gasteiger partial charge in [-0.25, -0.2) is 0 Å². The zero-order valence-electron chi connectivity index (χ0n) is 21.6. The van der Waals surface area contributed by atoms with Crippen molar-refractivity contribution in [1.29, 1.82) is 0 Å². The molecule has 1 aromatic carbocycles. The molecule has 194 valence electrons. The minimum atomic E-state index is -1.62. The van der Waals surface area contributed by atoms with Gasteiger partial charge in [-0.3, -0.25) is 14.4 Å². The van der Waals surface area contributed by atoms with E-state index in [9.17, 15) is 24.6 Å². The van der Waals surface area contributed by atoms with Crippen molar-refractivity contribution in [2.75, 3.05) is 0 Å². The summed E-state index contributed by atoms with van der Waals surface area (Å²) in [5.41, 5.74) is 3.78. The topological polar surface area (TPSA) is 96.6 Å². The standard InChI is InChI=1S/C31H35NO5/c1-30-13-11-23-22-7-5-21(33)16-18(22)3-6-24(23)26(30)17-25(31(30,37)28(34)9-10-29(35)36)19-4-8-27-20(15-19)12-14-32(27)2/h4,8,12,14-16,24-26,37H,3,5-7,9-11,13,17H2,1-2H3,(H,35,36)/t24-,25?,26+,30+,31+/m1/s1. The highest BCUT2D eigenvalue weighted by molar-refractivity contribution is 5.93. The lowest BCUT2D eigenvalue weighted by Crippen LogP contribution is -2.56. The molecule has 37 heavy (non-hydrogen) atoms. The molecule has 0 aliphatic heterocycles. The number of carbonyl (C=O) groups excluding carboxylic acids is 2. The second kappa shape index (κ2) is 8.52. The second-order valence-electron chi connectivity index (χ2n) is 11.9. The summed E-state index contributed by atoms with van der Waals surface area (Å²) in [4.78, 5) is 37.3. The predicted molar refractivity (Wildman–Crippen MR) is 140 cm³/mol. The van der Waals surface area contributed by atoms with Gasteiger partial charge >= 0.3 is 5.97 Å². The molecule has 0 radical (unpaired) electrons. The van der Waals surface area contributed by atoms with Crippen LogP contribution in [0.5, 0.6) is 0 Å². The number of carbonyl (C=O) groups is 3. The summed E-state index contributed by atoms with van der Waals surface area (Å²) in [5, 5.41) is 22.9. The number of hydrogen-bond donors (Lipinski definition) is 2. The van der Waals surface area contributed by atoms with E-state index in [2.05, 4.69) is 29.7 Å². The Balaban J connectivity index is 1.45. The average Bonchev–Trinajstić information content (AvgIpc) is 3.36. The molecule has 6 heteroatoms. The van der Waals surface area contributed by atoms with Crippen molar-refractivity contribution in [2.24, 2.45) is 24.3 Å². The van der Waals surface area contributed by atoms with Gasteiger partial charge in [0.2, 0.25) is 0 Å². The number of aromatic nitrogens is 1. The van der Waals surface area contributed by atoms with E-state index < -0.39 is 17.0 Å². The molecule has 2 saturated carbocycles. The van der Waals surface area contributed by atoms with Crippen molar-refractivity contribution in [1.82, 2.24) is 4.57 Å². The summed E-state index contributed by atoms with van der Waals surface area (Å²) in [6, 6.07) is 8.25. The van der Waals surface area contributed by atoms with Crippen LogP contribution < -0.4 is 0 Å². The Morgan fingerprint density at radius 3 is 2.70 bits per heavy atom. The number of carboxylic acids is 1. The van der Waals surface area contributed by atoms with Crippen LogP contribution in [-0.4, -0.2) is 37.9 Å². The maximum Gasteiger partial charge on any atom is 0.303 e. The summed E-state index contributed by atoms with van der Waals surface area (Å²) in [6.07, 6.45) is 8.79. The maximum atomic E-state index is 13.8. The van der Waals surface area contributed by atoms with Crippen LogP contribution in [0.4, 0.5) is 0 Å². The predicted octanol–water partition coefficient (Wildman–Crippen LogP) is 5.24. The van der Waals surface area contributed by atoms with Crippen LogP contribution in [0.1, 0.15) is 76.2 Å². The number of Topliss-reactive ketones (excluding diaryl/α,β-unsaturated/α-hetero) is 1. The molecule has 1 aromatic heterocycles. The van der Waals surface area contributed by atoms with Gasteiger partial charge in [-0.1, -0.05) is 18.6 Å². The fourth-order valence-corrected chi connectivity index (χ4v) is 8.40. The number of rotatable bonds is 5. The van der Waals surface area contributed by atoms with Crippen molar-refractivity contribution < 1.29 is 24.6 Å². The molecular formula is C31H35NO5. The lowest BCUT2D eigenvalue weighted by molar-refractivity contribution is -0.158. The number of hydrogen-bond acceptors (Lipinski definition) is 4. The molecule has 0 saturated heterocycles. The van der Waals surface area contributed by atoms with Gasteiger partial charge in [0.15, 0.2) is 11.6 Å². The third-order valence-corrected chi connectivity index (χ3v) is 10.3. The van der Waals surface area contributed by atoms with Crippen LogP contribution in [-0.2, 0) is 21.4 Å². The number of aliphatic hydroxyl groups is 1. The van der Waals surface area contributed by atoms with Gasteiger partial charge in [0, 0.05) is 42.9 Å². The molecule has 2 fully saturated rings. The summed E-state index contributed by atoms with van der Waals surface area (Å²) in [7, 11) is 2.00. The van der Waals surface area contributed by atoms with Gasteiger partial charge in [-0.2, -0.15) is 0 Å². The molecule has 5 atom stereocenters. The Labute approximate surface area is 217 Å². The zero-order valence-corrected chi connectivity index (χ0v) is 21.6. The Hall–Kier alpha value is -2.99. The minimum Gasteiger partial charge on any atom is -0.481 e. The molecule has 6 nitrogen and oxygen atoms in total. The highest BCUT2D eigenvalue weighted by atomic mass is 16.4. The van der Waals surface area contributed by atoms with E-state index in [1.54, 1.807) is 0 Å². The first kappa shape index (κ1) is 24.4. The monoisotopic (exact) mass is 501 g/mol. The molecule has 1 unspecified atom stereocenters. The Morgan fingerprint density at radius 1 is 1.11 bits per heavy atom. The van der Waals surface area contributed by atoms with Crippen LogP contribution in [0.2, 0.25) is 0 Å². The van der Waals surface area contributed by atoms with E-state index in [0.29, 0.717) is 19.3 Å². The molecule has 4 aliphatic rings. The van der Waals surface area contributed by atoms with Crippen molar-refractivity contribution in [3.05, 3.63) is 58.8 Å². The number of ketones is 2. The molecule has 0 spiro atoms. The van der Waals surface area contributed by atoms with Crippen LogP contribution in [0.3, 0.4) is 0 Å². The summed E-state index contributed by atoms with van der Waals surface area (Å²) >= 11 is 0. The van der Waals surface area contributed by atoms with Crippen LogP contribution >= 0.6 is 0 Å². The Morgan fingerprint density at radius 2 is 1.92 bits per heavy atom. The average molecular weight is 502 g/mol. The molecule has 2 aromatic rings. The molecule has 4 aliphatic carbocycles. The number of nitrogens with zero attached hydrogens (tertiary/aromatic N) is 1. The van der Waals surface area contributed by atoms with Gasteiger partial charge in [0.1, 0.15) is 5.60 Å². The number of allylic oxidation sites excluding steroid dienone is 4. The zero-order chi connectivity index (χ0) is 26.1. The van der Waals surface area contributed by atoms with E-state index in [1.165, 1.54) is 16.7 Å². The highest BCUT2D eigenvalue weighted by Gasteiger charge is 2.68. The molecule has 1 heterocycles. The first-order chi connectivity index (χ1) is 17.6. The van der Waals surface area contributed by atoms with Gasteiger partial charge in [0.25, 0.3) is 0 Å². The Bertz CT molecular complexity index is 1400. The Kier molecular flexibility index (Phi) is 5.61. The van der Waals surface area contributed by atoms with Crippen LogP contribution in [0, 0.1) is 17.3 Å². The van der Waals surface area contributed by atoms with Crippen LogP contribution in [0.25, 0.3) is 10.9 Å². The fraction of sp³-hybridized carbons (Fsp3) is 0.516. The van der Waals surface area contributed by atoms with Gasteiger partial charge < -0.3 is 14.8 Å². The second-order valence-corrected chi connectivity index (χ2v) is 11.9. The van der Waals surface area contributed by atoms with E-state index in [0.717, 1.165) is 42.1 Å². The van der Waals surface area contributed by atoms with Gasteiger partial charge in [0.05, 0.1) is 6.42 Å². The number of benzene rings is 1. The smallest absolute Gasteiger partial charge is 0.303 e. The van der Waals surface area contributed by atoms with Gasteiger partial charge in [-0.05, 0) is 96.7 Å². The normalized spacial score (nSPS) is 33.1. The summed E-state index contributed by atoms with van der Waals surface area (Å²) in [6.45, 7) is 2.08. The van der Waals surface area contributed by atoms with Crippen molar-refractivity contribution in [3.8, 4) is 0 Å². The molecule has 0 amide bonds. The first-order valence-corrected chi connectivity index (χ1v) is 13.6. The SMILES string of the molecule is Cn1ccc2cc(C3C[C@H]4[C@@H]5CCC6=CC(=O)CCC6=C5CC[C@]4(C)[C@@]3(O)C(=O)CCC(=O)O)ccc21. The number of carboxylic acid groups (broad SMARTS) is 1. The van der Waals surface area contributed by atoms with Gasteiger partial charge in [-0.15, -0.1) is 0 Å². The van der Waals surface area contributed by atoms with E-state index >= 15 is 0 Å². The third kappa shape index (κ3) is 3.52. The highest BCUT2D eigenvalue weighted by Crippen LogP contribution is 2.67. The lowest BCUT2D eigenvalue weighted by Gasteiger charge is -2.51. The number of aliphatic carboxylic acids is 1. The van der Waals surface area contributed by atoms with Crippen molar-refractivity contribution >= 4 is 28.4 Å². The molecule has 2 N–H and O–H groups in total. The maximum absolute atomic E-state index is 13.8. The van der Waals surface area contributed by atoms with Crippen molar-refractivity contribution in [2.45, 2.75) is 76.2 Å². The van der Waals surface area contributed by atoms with Crippen LogP contribution in [0.15, 0.2) is 53.3 Å². The fourth-order valence-electron chi connectivity index (χ4n) is 8.40. The lowest BCUT2D eigenvalue weighted by atomic mass is 9.54. The van der Waals surface area contributed by atoms with E-state index in [1.807, 2.05) is 25.4 Å². The van der Waals surface area contributed by atoms with E-state index in [-0.39, 0.29) is 42.2 Å². The third-order valence-electron chi connectivity index (χ3n) is 10.3. The summed E-state index contributed by atoms with van der Waals surface area (Å²) in [5.74, 6) is -1.12. The molecule has 6 rings (SSSR count). The summed E-state index contributed by atoms with van der Waals surface area (Å²) < 4.78 is 2.06. The number of aryl methyl sites for hydroxylation is 1. The first-order valence-electron chi connectivity index (χ1n) is 13.6. The largest absolute Gasteiger partial charge is 0.481 e. The quantitative estimate of drug-likeness (QED) is 0.584. The number of fused-ring (bicyclic) bond motifs is 5. The van der Waals surface area contributed by atoms with E-state index in [4.69, 9.17) is 0 Å². The minimum absolute atomic E-state index is 0.123. The molecule has 0 bridgehead atoms. The van der Waals surface area contributed by atoms with Crippen molar-refractivity contribution in [3.63, 3.8) is 0 Å².